The van der Waals surface area contributed by atoms with E-state index in [9.17, 15) is 9.90 Å². The second-order valence-corrected chi connectivity index (χ2v) is 8.46. The Balaban J connectivity index is 2.15. The second kappa shape index (κ2) is 7.70. The van der Waals surface area contributed by atoms with Gasteiger partial charge in [0.15, 0.2) is 0 Å². The molecule has 5 nitrogen and oxygen atoms in total. The first-order chi connectivity index (χ1) is 11.2. The molecule has 1 aromatic rings. The highest BCUT2D eigenvalue weighted by atomic mass is 16.3. The second-order valence-electron chi connectivity index (χ2n) is 8.46. The predicted octanol–water partition coefficient (Wildman–Crippen LogP) is 2.66. The van der Waals surface area contributed by atoms with Crippen molar-refractivity contribution in [2.75, 3.05) is 26.7 Å². The number of piperidine rings is 1. The van der Waals surface area contributed by atoms with Crippen molar-refractivity contribution in [1.29, 1.82) is 0 Å². The zero-order valence-electron chi connectivity index (χ0n) is 15.8. The van der Waals surface area contributed by atoms with E-state index in [1.807, 2.05) is 18.0 Å². The van der Waals surface area contributed by atoms with E-state index in [-0.39, 0.29) is 17.4 Å². The Morgan fingerprint density at radius 3 is 2.50 bits per heavy atom. The first-order valence-electron chi connectivity index (χ1n) is 8.98. The topological polar surface area (TPSA) is 59.6 Å². The number of nitrogens with zero attached hydrogens (tertiary/aromatic N) is 2. The summed E-state index contributed by atoms with van der Waals surface area (Å²) < 4.78 is 0. The molecule has 2 N–H and O–H groups in total. The van der Waals surface area contributed by atoms with E-state index in [1.165, 1.54) is 0 Å². The number of amides is 1. The summed E-state index contributed by atoms with van der Waals surface area (Å²) in [4.78, 5) is 20.3. The number of hydrogen-bond acceptors (Lipinski definition) is 3. The first-order valence-corrected chi connectivity index (χ1v) is 8.98. The molecule has 1 fully saturated rings. The maximum Gasteiger partial charge on any atom is 0.255 e. The molecule has 0 spiro atoms. The minimum absolute atomic E-state index is 0.0382. The van der Waals surface area contributed by atoms with E-state index in [0.29, 0.717) is 13.0 Å². The number of aromatic amines is 1. The van der Waals surface area contributed by atoms with Crippen LogP contribution in [0, 0.1) is 12.3 Å². The number of rotatable bonds is 5. The van der Waals surface area contributed by atoms with Crippen LogP contribution in [-0.2, 0) is 0 Å². The van der Waals surface area contributed by atoms with Gasteiger partial charge >= 0.3 is 0 Å². The number of aliphatic hydroxyl groups is 1. The van der Waals surface area contributed by atoms with E-state index in [1.54, 1.807) is 6.20 Å². The van der Waals surface area contributed by atoms with Gasteiger partial charge in [-0.1, -0.05) is 20.8 Å². The SMILES string of the molecule is Cc1c[nH]cc1C(=O)N(CC(O)CC(C)(C)C)C1CCN(C)CC1. The molecule has 0 bridgehead atoms. The van der Waals surface area contributed by atoms with Crippen molar-refractivity contribution < 1.29 is 9.90 Å². The summed E-state index contributed by atoms with van der Waals surface area (Å²) in [6, 6.07) is 0.206. The fourth-order valence-corrected chi connectivity index (χ4v) is 3.53. The molecule has 24 heavy (non-hydrogen) atoms. The zero-order chi connectivity index (χ0) is 17.9. The molecule has 0 aliphatic carbocycles. The average Bonchev–Trinajstić information content (AvgIpc) is 2.89. The number of likely N-dealkylation sites (tertiary alicyclic amines) is 1. The molecule has 5 heteroatoms. The number of aromatic nitrogens is 1. The fraction of sp³-hybridized carbons (Fsp3) is 0.737. The van der Waals surface area contributed by atoms with Crippen molar-refractivity contribution in [3.8, 4) is 0 Å². The lowest BCUT2D eigenvalue weighted by atomic mass is 9.88. The third kappa shape index (κ3) is 5.08. The van der Waals surface area contributed by atoms with Crippen molar-refractivity contribution in [2.24, 2.45) is 5.41 Å². The van der Waals surface area contributed by atoms with Gasteiger partial charge < -0.3 is 19.9 Å². The average molecular weight is 335 g/mol. The predicted molar refractivity (Wildman–Crippen MR) is 97.2 cm³/mol. The van der Waals surface area contributed by atoms with Crippen molar-refractivity contribution >= 4 is 5.91 Å². The van der Waals surface area contributed by atoms with Crippen LogP contribution in [0.25, 0.3) is 0 Å². The standard InChI is InChI=1S/C19H33N3O2/c1-14-11-20-12-17(14)18(24)22(13-16(23)10-19(2,3)4)15-6-8-21(5)9-7-15/h11-12,15-16,20,23H,6-10,13H2,1-5H3. The lowest BCUT2D eigenvalue weighted by Crippen LogP contribution is -2.49. The van der Waals surface area contributed by atoms with Crippen molar-refractivity contribution in [2.45, 2.75) is 59.1 Å². The molecule has 1 unspecified atom stereocenters. The van der Waals surface area contributed by atoms with Gasteiger partial charge in [0.2, 0.25) is 0 Å². The highest BCUT2D eigenvalue weighted by molar-refractivity contribution is 5.95. The van der Waals surface area contributed by atoms with Crippen LogP contribution in [-0.4, -0.2) is 64.6 Å². The number of nitrogens with one attached hydrogen (secondary N) is 1. The van der Waals surface area contributed by atoms with E-state index >= 15 is 0 Å². The number of H-pyrrole nitrogens is 1. The Bertz CT molecular complexity index is 539. The van der Waals surface area contributed by atoms with Crippen LogP contribution < -0.4 is 0 Å². The van der Waals surface area contributed by atoms with Crippen LogP contribution in [0.4, 0.5) is 0 Å². The van der Waals surface area contributed by atoms with Gasteiger partial charge in [-0.15, -0.1) is 0 Å². The minimum atomic E-state index is -0.493. The van der Waals surface area contributed by atoms with Crippen LogP contribution in [0.15, 0.2) is 12.4 Å². The molecule has 0 saturated carbocycles. The molecule has 0 aromatic carbocycles. The summed E-state index contributed by atoms with van der Waals surface area (Å²) in [5.74, 6) is 0.0382. The molecular weight excluding hydrogens is 302 g/mol. The number of aryl methyl sites for hydroxylation is 1. The minimum Gasteiger partial charge on any atom is -0.391 e. The molecule has 1 amide bonds. The summed E-state index contributed by atoms with van der Waals surface area (Å²) in [6.45, 7) is 10.7. The number of carbonyl (C=O) groups excluding carboxylic acids is 1. The van der Waals surface area contributed by atoms with Crippen LogP contribution >= 0.6 is 0 Å². The van der Waals surface area contributed by atoms with Crippen LogP contribution in [0.2, 0.25) is 0 Å². The maximum absolute atomic E-state index is 13.1. The smallest absolute Gasteiger partial charge is 0.255 e. The lowest BCUT2D eigenvalue weighted by Gasteiger charge is -2.39. The lowest BCUT2D eigenvalue weighted by molar-refractivity contribution is 0.0317. The molecule has 0 radical (unpaired) electrons. The summed E-state index contributed by atoms with van der Waals surface area (Å²) in [5, 5.41) is 10.5. The van der Waals surface area contributed by atoms with Gasteiger partial charge in [-0.25, -0.2) is 0 Å². The Hall–Kier alpha value is -1.33. The van der Waals surface area contributed by atoms with Crippen LogP contribution in [0.3, 0.4) is 0 Å². The fourth-order valence-electron chi connectivity index (χ4n) is 3.53. The Kier molecular flexibility index (Phi) is 6.10. The molecule has 2 rings (SSSR count). The van der Waals surface area contributed by atoms with E-state index in [2.05, 4.69) is 37.7 Å². The van der Waals surface area contributed by atoms with E-state index < -0.39 is 6.10 Å². The largest absolute Gasteiger partial charge is 0.391 e. The summed E-state index contributed by atoms with van der Waals surface area (Å²) >= 11 is 0. The van der Waals surface area contributed by atoms with E-state index in [0.717, 1.165) is 37.1 Å². The molecule has 1 saturated heterocycles. The summed E-state index contributed by atoms with van der Waals surface area (Å²) in [7, 11) is 2.12. The molecule has 1 aliphatic rings. The maximum atomic E-state index is 13.1. The van der Waals surface area contributed by atoms with Crippen LogP contribution in [0.5, 0.6) is 0 Å². The quantitative estimate of drug-likeness (QED) is 0.870. The van der Waals surface area contributed by atoms with Gasteiger partial charge in [-0.05, 0) is 57.3 Å². The molecule has 136 valence electrons. The third-order valence-electron chi connectivity index (χ3n) is 4.83. The van der Waals surface area contributed by atoms with Gasteiger partial charge in [0.05, 0.1) is 11.7 Å². The van der Waals surface area contributed by atoms with Gasteiger partial charge in [-0.3, -0.25) is 4.79 Å². The van der Waals surface area contributed by atoms with Crippen LogP contribution in [0.1, 0.15) is 56.0 Å². The number of carbonyl (C=O) groups is 1. The van der Waals surface area contributed by atoms with Crippen molar-refractivity contribution in [1.82, 2.24) is 14.8 Å². The molecule has 1 aliphatic heterocycles. The van der Waals surface area contributed by atoms with Gasteiger partial charge in [0.1, 0.15) is 0 Å². The van der Waals surface area contributed by atoms with Gasteiger partial charge in [0.25, 0.3) is 5.91 Å². The molecule has 1 atom stereocenters. The van der Waals surface area contributed by atoms with E-state index in [4.69, 9.17) is 0 Å². The number of aliphatic hydroxyl groups excluding tert-OH is 1. The molecule has 2 heterocycles. The molecular formula is C19H33N3O2. The van der Waals surface area contributed by atoms with Crippen molar-refractivity contribution in [3.05, 3.63) is 23.5 Å². The summed E-state index contributed by atoms with van der Waals surface area (Å²) in [6.07, 6.45) is 5.76. The highest BCUT2D eigenvalue weighted by Crippen LogP contribution is 2.24. The summed E-state index contributed by atoms with van der Waals surface area (Å²) in [5.41, 5.74) is 1.73. The molecule has 1 aromatic heterocycles. The Labute approximate surface area is 146 Å². The highest BCUT2D eigenvalue weighted by Gasteiger charge is 2.31. The third-order valence-corrected chi connectivity index (χ3v) is 4.83. The zero-order valence-corrected chi connectivity index (χ0v) is 15.8. The normalized spacial score (nSPS) is 18.6. The van der Waals surface area contributed by atoms with Gasteiger partial charge in [0, 0.05) is 25.0 Å². The monoisotopic (exact) mass is 335 g/mol. The van der Waals surface area contributed by atoms with Gasteiger partial charge in [-0.2, -0.15) is 0 Å². The first kappa shape index (κ1) is 19.0. The number of hydrogen-bond donors (Lipinski definition) is 2. The Morgan fingerprint density at radius 2 is 2.00 bits per heavy atom. The van der Waals surface area contributed by atoms with Crippen molar-refractivity contribution in [3.63, 3.8) is 0 Å². The Morgan fingerprint density at radius 1 is 1.38 bits per heavy atom.